The number of amides is 2. The Hall–Kier alpha value is -3.06. The number of carbonyl (C=O) groups excluding carboxylic acids is 2. The van der Waals surface area contributed by atoms with Crippen LogP contribution in [0, 0.1) is 0 Å². The number of thioether (sulfide) groups is 1. The first-order valence-electron chi connectivity index (χ1n) is 8.94. The zero-order chi connectivity index (χ0) is 19.8. The summed E-state index contributed by atoms with van der Waals surface area (Å²) in [6, 6.07) is 17.0. The number of imidazole rings is 1. The third-order valence-electron chi connectivity index (χ3n) is 4.15. The van der Waals surface area contributed by atoms with Crippen LogP contribution in [0.4, 0.5) is 0 Å². The maximum atomic E-state index is 12.4. The lowest BCUT2D eigenvalue weighted by Crippen LogP contribution is -2.30. The number of nitrogens with zero attached hydrogens (tertiary/aromatic N) is 2. The number of benzene rings is 2. The maximum Gasteiger partial charge on any atom is 0.251 e. The van der Waals surface area contributed by atoms with Crippen molar-refractivity contribution < 1.29 is 9.59 Å². The molecule has 0 bridgehead atoms. The highest BCUT2D eigenvalue weighted by atomic mass is 32.2. The lowest BCUT2D eigenvalue weighted by molar-refractivity contribution is -0.121. The number of hydrogen-bond acceptors (Lipinski definition) is 4. The zero-order valence-electron chi connectivity index (χ0n) is 15.6. The zero-order valence-corrected chi connectivity index (χ0v) is 16.4. The van der Waals surface area contributed by atoms with E-state index in [0.29, 0.717) is 12.1 Å². The van der Waals surface area contributed by atoms with E-state index in [-0.39, 0.29) is 24.8 Å². The molecule has 0 atom stereocenters. The molecule has 0 saturated carbocycles. The van der Waals surface area contributed by atoms with E-state index in [1.54, 1.807) is 12.3 Å². The van der Waals surface area contributed by atoms with Gasteiger partial charge in [-0.05, 0) is 30.0 Å². The van der Waals surface area contributed by atoms with Gasteiger partial charge in [0.25, 0.3) is 5.91 Å². The van der Waals surface area contributed by atoms with Gasteiger partial charge in [0.15, 0.2) is 5.16 Å². The summed E-state index contributed by atoms with van der Waals surface area (Å²) in [5.74, 6) is -0.301. The molecule has 144 valence electrons. The van der Waals surface area contributed by atoms with Crippen LogP contribution in [0.15, 0.2) is 72.1 Å². The van der Waals surface area contributed by atoms with Gasteiger partial charge in [-0.1, -0.05) is 48.2 Å². The van der Waals surface area contributed by atoms with Crippen molar-refractivity contribution in [3.63, 3.8) is 0 Å². The first-order valence-corrected chi connectivity index (χ1v) is 10.2. The van der Waals surface area contributed by atoms with Crippen molar-refractivity contribution >= 4 is 23.6 Å². The molecule has 0 unspecified atom stereocenters. The van der Waals surface area contributed by atoms with Gasteiger partial charge in [-0.15, -0.1) is 0 Å². The molecule has 0 saturated heterocycles. The number of nitrogens with one attached hydrogen (secondary N) is 2. The van der Waals surface area contributed by atoms with E-state index in [2.05, 4.69) is 15.6 Å². The Morgan fingerprint density at radius 1 is 1.07 bits per heavy atom. The summed E-state index contributed by atoms with van der Waals surface area (Å²) < 4.78 is 1.93. The number of hydrogen-bond donors (Lipinski definition) is 2. The molecule has 0 fully saturated rings. The van der Waals surface area contributed by atoms with Gasteiger partial charge in [0.2, 0.25) is 5.91 Å². The van der Waals surface area contributed by atoms with Crippen molar-refractivity contribution in [2.24, 2.45) is 0 Å². The van der Waals surface area contributed by atoms with Crippen molar-refractivity contribution in [3.8, 4) is 5.69 Å². The normalized spacial score (nSPS) is 10.5. The Bertz CT molecular complexity index is 940. The molecule has 7 heteroatoms. The summed E-state index contributed by atoms with van der Waals surface area (Å²) in [6.07, 6.45) is 5.78. The van der Waals surface area contributed by atoms with E-state index >= 15 is 0 Å². The molecular formula is C21H22N4O2S. The fourth-order valence-corrected chi connectivity index (χ4v) is 3.24. The Morgan fingerprint density at radius 3 is 2.68 bits per heavy atom. The smallest absolute Gasteiger partial charge is 0.251 e. The van der Waals surface area contributed by atoms with Crippen LogP contribution in [0.2, 0.25) is 0 Å². The van der Waals surface area contributed by atoms with E-state index in [4.69, 9.17) is 0 Å². The summed E-state index contributed by atoms with van der Waals surface area (Å²) in [4.78, 5) is 28.6. The van der Waals surface area contributed by atoms with Crippen LogP contribution < -0.4 is 10.6 Å². The van der Waals surface area contributed by atoms with Crippen molar-refractivity contribution in [1.82, 2.24) is 20.2 Å². The van der Waals surface area contributed by atoms with E-state index in [1.165, 1.54) is 11.8 Å². The fraction of sp³-hybridized carbons (Fsp3) is 0.190. The van der Waals surface area contributed by atoms with Gasteiger partial charge in [-0.3, -0.25) is 14.2 Å². The molecule has 0 aliphatic carbocycles. The highest BCUT2D eigenvalue weighted by Crippen LogP contribution is 2.18. The summed E-state index contributed by atoms with van der Waals surface area (Å²) in [5, 5.41) is 6.50. The Labute approximate surface area is 168 Å². The lowest BCUT2D eigenvalue weighted by atomic mass is 10.2. The predicted octanol–water partition coefficient (Wildman–Crippen LogP) is 3.03. The molecule has 3 aromatic rings. The monoisotopic (exact) mass is 394 g/mol. The molecular weight excluding hydrogens is 372 g/mol. The predicted molar refractivity (Wildman–Crippen MR) is 111 cm³/mol. The molecule has 1 aromatic heterocycles. The highest BCUT2D eigenvalue weighted by Gasteiger charge is 2.10. The van der Waals surface area contributed by atoms with E-state index in [0.717, 1.165) is 16.4 Å². The molecule has 28 heavy (non-hydrogen) atoms. The minimum atomic E-state index is -0.205. The largest absolute Gasteiger partial charge is 0.352 e. The van der Waals surface area contributed by atoms with Crippen molar-refractivity contribution in [2.75, 3.05) is 12.8 Å². The summed E-state index contributed by atoms with van der Waals surface area (Å²) in [5.41, 5.74) is 2.46. The molecule has 0 aliphatic heterocycles. The fourth-order valence-electron chi connectivity index (χ4n) is 2.71. The second kappa shape index (κ2) is 9.75. The Kier molecular flexibility index (Phi) is 6.86. The Balaban J connectivity index is 1.50. The number of carbonyl (C=O) groups is 2. The maximum absolute atomic E-state index is 12.4. The quantitative estimate of drug-likeness (QED) is 0.576. The number of aromatic nitrogens is 2. The van der Waals surface area contributed by atoms with Crippen molar-refractivity contribution in [2.45, 2.75) is 18.1 Å². The third kappa shape index (κ3) is 5.23. The van der Waals surface area contributed by atoms with Gasteiger partial charge >= 0.3 is 0 Å². The molecule has 0 spiro atoms. The van der Waals surface area contributed by atoms with Crippen LogP contribution >= 0.6 is 11.8 Å². The van der Waals surface area contributed by atoms with Crippen molar-refractivity contribution in [3.05, 3.63) is 78.1 Å². The molecule has 0 aliphatic rings. The number of rotatable bonds is 8. The van der Waals surface area contributed by atoms with Crippen LogP contribution in [0.5, 0.6) is 0 Å². The molecule has 6 nitrogen and oxygen atoms in total. The average molecular weight is 395 g/mol. The van der Waals surface area contributed by atoms with Crippen LogP contribution in [0.1, 0.15) is 22.3 Å². The topological polar surface area (TPSA) is 76.0 Å². The second-order valence-electron chi connectivity index (χ2n) is 6.10. The van der Waals surface area contributed by atoms with Gasteiger partial charge < -0.3 is 10.6 Å². The SMILES string of the molecule is CSc1nccn1-c1cccc(C(=O)NCCC(=O)NCc2ccccc2)c1. The van der Waals surface area contributed by atoms with Crippen LogP contribution in [0.3, 0.4) is 0 Å². The molecule has 3 rings (SSSR count). The second-order valence-corrected chi connectivity index (χ2v) is 6.88. The van der Waals surface area contributed by atoms with E-state index in [1.807, 2.05) is 65.6 Å². The molecule has 2 amide bonds. The Morgan fingerprint density at radius 2 is 1.89 bits per heavy atom. The third-order valence-corrected chi connectivity index (χ3v) is 4.81. The average Bonchev–Trinajstić information content (AvgIpc) is 3.22. The van der Waals surface area contributed by atoms with Crippen LogP contribution in [0.25, 0.3) is 5.69 Å². The van der Waals surface area contributed by atoms with E-state index in [9.17, 15) is 9.59 Å². The molecule has 0 radical (unpaired) electrons. The van der Waals surface area contributed by atoms with Gasteiger partial charge in [0, 0.05) is 43.2 Å². The van der Waals surface area contributed by atoms with Crippen LogP contribution in [-0.2, 0) is 11.3 Å². The van der Waals surface area contributed by atoms with Gasteiger partial charge in [0.05, 0.1) is 0 Å². The van der Waals surface area contributed by atoms with Crippen LogP contribution in [-0.4, -0.2) is 34.2 Å². The molecule has 2 N–H and O–H groups in total. The van der Waals surface area contributed by atoms with Gasteiger partial charge in [0.1, 0.15) is 0 Å². The minimum absolute atomic E-state index is 0.0964. The summed E-state index contributed by atoms with van der Waals surface area (Å²) in [6.45, 7) is 0.767. The minimum Gasteiger partial charge on any atom is -0.352 e. The van der Waals surface area contributed by atoms with E-state index < -0.39 is 0 Å². The summed E-state index contributed by atoms with van der Waals surface area (Å²) >= 11 is 1.54. The summed E-state index contributed by atoms with van der Waals surface area (Å²) in [7, 11) is 0. The van der Waals surface area contributed by atoms with Crippen molar-refractivity contribution in [1.29, 1.82) is 0 Å². The highest BCUT2D eigenvalue weighted by molar-refractivity contribution is 7.98. The lowest BCUT2D eigenvalue weighted by Gasteiger charge is -2.09. The first kappa shape index (κ1) is 19.7. The van der Waals surface area contributed by atoms with Gasteiger partial charge in [-0.25, -0.2) is 4.98 Å². The molecule has 2 aromatic carbocycles. The standard InChI is InChI=1S/C21H22N4O2S/c1-28-21-23-12-13-25(21)18-9-5-8-17(14-18)20(27)22-11-10-19(26)24-15-16-6-3-2-4-7-16/h2-9,12-14H,10-11,15H2,1H3,(H,22,27)(H,24,26). The first-order chi connectivity index (χ1) is 13.7. The van der Waals surface area contributed by atoms with Gasteiger partial charge in [-0.2, -0.15) is 0 Å². The molecule has 1 heterocycles.